The van der Waals surface area contributed by atoms with E-state index in [9.17, 15) is 4.79 Å². The number of carbonyl (C=O) groups excluding carboxylic acids is 1. The quantitative estimate of drug-likeness (QED) is 0.737. The highest BCUT2D eigenvalue weighted by Crippen LogP contribution is 2.22. The molecule has 138 valence electrons. The molecule has 5 nitrogen and oxygen atoms in total. The van der Waals surface area contributed by atoms with Gasteiger partial charge >= 0.3 is 0 Å². The summed E-state index contributed by atoms with van der Waals surface area (Å²) in [6.07, 6.45) is 0. The lowest BCUT2D eigenvalue weighted by Crippen LogP contribution is -2.29. The molecule has 27 heavy (non-hydrogen) atoms. The van der Waals surface area contributed by atoms with Crippen LogP contribution in [-0.4, -0.2) is 28.5 Å². The molecule has 1 heterocycles. The van der Waals surface area contributed by atoms with Gasteiger partial charge in [-0.15, -0.1) is 0 Å². The lowest BCUT2D eigenvalue weighted by molar-refractivity contribution is 0.0988. The minimum Gasteiger partial charge on any atom is -0.365 e. The van der Waals surface area contributed by atoms with E-state index in [2.05, 4.69) is 36.1 Å². The van der Waals surface area contributed by atoms with Crippen molar-refractivity contribution >= 4 is 17.4 Å². The molecule has 0 aliphatic heterocycles. The first-order valence-corrected chi connectivity index (χ1v) is 8.89. The summed E-state index contributed by atoms with van der Waals surface area (Å²) in [6, 6.07) is 20.9. The number of rotatable bonds is 4. The molecule has 0 atom stereocenters. The van der Waals surface area contributed by atoms with Crippen molar-refractivity contribution in [1.82, 2.24) is 9.97 Å². The van der Waals surface area contributed by atoms with Crippen LogP contribution in [0.25, 0.3) is 11.4 Å². The maximum Gasteiger partial charge on any atom is 0.276 e. The summed E-state index contributed by atoms with van der Waals surface area (Å²) < 4.78 is 0. The summed E-state index contributed by atoms with van der Waals surface area (Å²) in [7, 11) is 1.75. The average Bonchev–Trinajstić information content (AvgIpc) is 2.66. The van der Waals surface area contributed by atoms with Crippen LogP contribution in [0.3, 0.4) is 0 Å². The monoisotopic (exact) mass is 360 g/mol. The fourth-order valence-corrected chi connectivity index (χ4v) is 2.66. The highest BCUT2D eigenvalue weighted by atomic mass is 16.2. The number of benzene rings is 2. The number of nitrogens with zero attached hydrogens (tertiary/aromatic N) is 3. The van der Waals surface area contributed by atoms with Crippen molar-refractivity contribution in [2.24, 2.45) is 0 Å². The van der Waals surface area contributed by atoms with Gasteiger partial charge in [0.1, 0.15) is 11.5 Å². The number of nitrogens with one attached hydrogen (secondary N) is 1. The molecule has 0 fully saturated rings. The highest BCUT2D eigenvalue weighted by Gasteiger charge is 2.19. The lowest BCUT2D eigenvalue weighted by atomic mass is 10.1. The van der Waals surface area contributed by atoms with Crippen molar-refractivity contribution in [3.05, 3.63) is 72.4 Å². The van der Waals surface area contributed by atoms with Crippen molar-refractivity contribution in [3.63, 3.8) is 0 Å². The van der Waals surface area contributed by atoms with Crippen molar-refractivity contribution in [3.8, 4) is 11.4 Å². The standard InChI is InChI=1S/C22H24N4O/c1-22(2,3)25-19-15-18(21(27)26(4)17-13-9-6-10-14-17)23-20(24-19)16-11-7-5-8-12-16/h5-15H,1-4H3,(H,23,24,25). The maximum atomic E-state index is 13.1. The van der Waals surface area contributed by atoms with Gasteiger partial charge in [-0.2, -0.15) is 0 Å². The molecule has 0 bridgehead atoms. The van der Waals surface area contributed by atoms with Gasteiger partial charge in [0.25, 0.3) is 5.91 Å². The maximum absolute atomic E-state index is 13.1. The zero-order valence-corrected chi connectivity index (χ0v) is 16.1. The normalized spacial score (nSPS) is 11.1. The van der Waals surface area contributed by atoms with Gasteiger partial charge in [0.2, 0.25) is 0 Å². The molecule has 0 saturated heterocycles. The van der Waals surface area contributed by atoms with E-state index in [1.165, 1.54) is 0 Å². The molecular weight excluding hydrogens is 336 g/mol. The number of anilines is 2. The van der Waals surface area contributed by atoms with Gasteiger partial charge in [-0.1, -0.05) is 48.5 Å². The molecular formula is C22H24N4O. The third-order valence-corrected chi connectivity index (χ3v) is 3.93. The summed E-state index contributed by atoms with van der Waals surface area (Å²) >= 11 is 0. The Hall–Kier alpha value is -3.21. The number of aromatic nitrogens is 2. The summed E-state index contributed by atoms with van der Waals surface area (Å²) in [6.45, 7) is 6.15. The highest BCUT2D eigenvalue weighted by molar-refractivity contribution is 6.05. The summed E-state index contributed by atoms with van der Waals surface area (Å²) in [5.41, 5.74) is 1.84. The average molecular weight is 360 g/mol. The molecule has 1 amide bonds. The Labute approximate surface area is 160 Å². The minimum atomic E-state index is -0.187. The summed E-state index contributed by atoms with van der Waals surface area (Å²) in [5.74, 6) is 0.966. The number of para-hydroxylation sites is 1. The van der Waals surface area contributed by atoms with E-state index in [1.807, 2.05) is 60.7 Å². The van der Waals surface area contributed by atoms with E-state index in [1.54, 1.807) is 18.0 Å². The van der Waals surface area contributed by atoms with Gasteiger partial charge < -0.3 is 10.2 Å². The van der Waals surface area contributed by atoms with Gasteiger partial charge in [-0.25, -0.2) is 9.97 Å². The van der Waals surface area contributed by atoms with Crippen LogP contribution in [0.2, 0.25) is 0 Å². The lowest BCUT2D eigenvalue weighted by Gasteiger charge is -2.23. The van der Waals surface area contributed by atoms with Crippen LogP contribution in [-0.2, 0) is 0 Å². The summed E-state index contributed by atoms with van der Waals surface area (Å²) in [5, 5.41) is 3.34. The Kier molecular flexibility index (Phi) is 5.21. The van der Waals surface area contributed by atoms with Gasteiger partial charge in [0.05, 0.1) is 0 Å². The Bertz CT molecular complexity index is 918. The number of hydrogen-bond donors (Lipinski definition) is 1. The van der Waals surface area contributed by atoms with Crippen LogP contribution in [0.15, 0.2) is 66.7 Å². The molecule has 1 aromatic heterocycles. The van der Waals surface area contributed by atoms with Crippen LogP contribution in [0.4, 0.5) is 11.5 Å². The second kappa shape index (κ2) is 7.58. The fraction of sp³-hybridized carbons (Fsp3) is 0.227. The van der Waals surface area contributed by atoms with E-state index >= 15 is 0 Å². The van der Waals surface area contributed by atoms with Crippen LogP contribution in [0.1, 0.15) is 31.3 Å². The second-order valence-corrected chi connectivity index (χ2v) is 7.40. The summed E-state index contributed by atoms with van der Waals surface area (Å²) in [4.78, 5) is 23.8. The van der Waals surface area contributed by atoms with Gasteiger partial charge in [-0.3, -0.25) is 4.79 Å². The van der Waals surface area contributed by atoms with E-state index < -0.39 is 0 Å². The smallest absolute Gasteiger partial charge is 0.276 e. The first-order chi connectivity index (χ1) is 12.8. The molecule has 1 N–H and O–H groups in total. The Morgan fingerprint density at radius 2 is 1.52 bits per heavy atom. The molecule has 0 aliphatic rings. The number of amides is 1. The van der Waals surface area contributed by atoms with Crippen LogP contribution in [0.5, 0.6) is 0 Å². The minimum absolute atomic E-state index is 0.183. The van der Waals surface area contributed by atoms with Crippen molar-refractivity contribution < 1.29 is 4.79 Å². The van der Waals surface area contributed by atoms with Gasteiger partial charge in [0.15, 0.2) is 5.82 Å². The predicted octanol–water partition coefficient (Wildman–Crippen LogP) is 4.63. The molecule has 5 heteroatoms. The van der Waals surface area contributed by atoms with Gasteiger partial charge in [0, 0.05) is 29.9 Å². The van der Waals surface area contributed by atoms with Crippen LogP contribution < -0.4 is 10.2 Å². The van der Waals surface area contributed by atoms with Crippen molar-refractivity contribution in [2.45, 2.75) is 26.3 Å². The van der Waals surface area contributed by atoms with Crippen LogP contribution in [0, 0.1) is 0 Å². The molecule has 0 unspecified atom stereocenters. The predicted molar refractivity (Wildman–Crippen MR) is 110 cm³/mol. The van der Waals surface area contributed by atoms with Crippen molar-refractivity contribution in [1.29, 1.82) is 0 Å². The largest absolute Gasteiger partial charge is 0.365 e. The fourth-order valence-electron chi connectivity index (χ4n) is 2.66. The van der Waals surface area contributed by atoms with E-state index in [4.69, 9.17) is 0 Å². The SMILES string of the molecule is CN(C(=O)c1cc(NC(C)(C)C)nc(-c2ccccc2)n1)c1ccccc1. The molecule has 3 rings (SSSR count). The zero-order chi connectivity index (χ0) is 19.4. The topological polar surface area (TPSA) is 58.1 Å². The van der Waals surface area contributed by atoms with E-state index in [-0.39, 0.29) is 11.4 Å². The van der Waals surface area contributed by atoms with E-state index in [0.717, 1.165) is 11.3 Å². The second-order valence-electron chi connectivity index (χ2n) is 7.40. The molecule has 2 aromatic carbocycles. The molecule has 0 spiro atoms. The molecule has 0 radical (unpaired) electrons. The number of carbonyl (C=O) groups is 1. The third-order valence-electron chi connectivity index (χ3n) is 3.93. The zero-order valence-electron chi connectivity index (χ0n) is 16.1. The van der Waals surface area contributed by atoms with Gasteiger partial charge in [-0.05, 0) is 32.9 Å². The first-order valence-electron chi connectivity index (χ1n) is 8.89. The molecule has 0 aliphatic carbocycles. The Morgan fingerprint density at radius 3 is 2.11 bits per heavy atom. The van der Waals surface area contributed by atoms with E-state index in [0.29, 0.717) is 17.3 Å². The Morgan fingerprint density at radius 1 is 0.926 bits per heavy atom. The third kappa shape index (κ3) is 4.70. The Balaban J connectivity index is 2.03. The number of hydrogen-bond acceptors (Lipinski definition) is 4. The first kappa shape index (κ1) is 18.6. The molecule has 3 aromatic rings. The molecule has 0 saturated carbocycles. The van der Waals surface area contributed by atoms with Crippen molar-refractivity contribution in [2.75, 3.05) is 17.3 Å². The van der Waals surface area contributed by atoms with Crippen LogP contribution >= 0.6 is 0 Å².